The van der Waals surface area contributed by atoms with Crippen LogP contribution in [0.3, 0.4) is 0 Å². The van der Waals surface area contributed by atoms with Crippen LogP contribution in [-0.4, -0.2) is 6.04 Å². The summed E-state index contributed by atoms with van der Waals surface area (Å²) in [5, 5.41) is 5.24. The van der Waals surface area contributed by atoms with Gasteiger partial charge in [0.15, 0.2) is 0 Å². The minimum absolute atomic E-state index is 0.476. The smallest absolute Gasteiger partial charge is 0.0722 e. The SMILES string of the molecule is CCC1CCC(Nc2c(Cl)cc(Cl)cc2Cl)CC1. The topological polar surface area (TPSA) is 12.0 Å². The second-order valence-corrected chi connectivity index (χ2v) is 6.27. The predicted molar refractivity (Wildman–Crippen MR) is 81.1 cm³/mol. The second-order valence-electron chi connectivity index (χ2n) is 5.01. The lowest BCUT2D eigenvalue weighted by Crippen LogP contribution is -2.26. The van der Waals surface area contributed by atoms with E-state index in [0.717, 1.165) is 11.6 Å². The van der Waals surface area contributed by atoms with Gasteiger partial charge in [0.1, 0.15) is 0 Å². The largest absolute Gasteiger partial charge is 0.380 e. The molecule has 0 aliphatic heterocycles. The number of anilines is 1. The van der Waals surface area contributed by atoms with Gasteiger partial charge in [-0.25, -0.2) is 0 Å². The van der Waals surface area contributed by atoms with E-state index in [1.54, 1.807) is 12.1 Å². The molecule has 1 aliphatic carbocycles. The van der Waals surface area contributed by atoms with E-state index in [1.807, 2.05) is 0 Å². The fourth-order valence-corrected chi connectivity index (χ4v) is 3.53. The predicted octanol–water partition coefficient (Wildman–Crippen LogP) is 6.03. The molecule has 0 bridgehead atoms. The van der Waals surface area contributed by atoms with E-state index in [1.165, 1.54) is 32.1 Å². The van der Waals surface area contributed by atoms with Gasteiger partial charge in [-0.3, -0.25) is 0 Å². The Balaban J connectivity index is 2.02. The van der Waals surface area contributed by atoms with Crippen molar-refractivity contribution in [1.29, 1.82) is 0 Å². The van der Waals surface area contributed by atoms with Crippen molar-refractivity contribution >= 4 is 40.5 Å². The molecule has 1 aliphatic rings. The van der Waals surface area contributed by atoms with Crippen LogP contribution in [0.5, 0.6) is 0 Å². The normalized spacial score (nSPS) is 24.0. The third-order valence-electron chi connectivity index (χ3n) is 3.78. The third-order valence-corrected chi connectivity index (χ3v) is 4.59. The van der Waals surface area contributed by atoms with E-state index < -0.39 is 0 Å². The van der Waals surface area contributed by atoms with Crippen LogP contribution >= 0.6 is 34.8 Å². The second kappa shape index (κ2) is 6.36. The van der Waals surface area contributed by atoms with Crippen LogP contribution in [0.2, 0.25) is 15.1 Å². The Hall–Kier alpha value is -0.110. The van der Waals surface area contributed by atoms with E-state index in [9.17, 15) is 0 Å². The van der Waals surface area contributed by atoms with E-state index >= 15 is 0 Å². The summed E-state index contributed by atoms with van der Waals surface area (Å²) in [5.41, 5.74) is 0.822. The Kier molecular flexibility index (Phi) is 5.06. The van der Waals surface area contributed by atoms with Crippen LogP contribution in [0.1, 0.15) is 39.0 Å². The van der Waals surface area contributed by atoms with E-state index in [-0.39, 0.29) is 0 Å². The Bertz CT molecular complexity index is 388. The molecule has 0 spiro atoms. The molecular weight excluding hydrogens is 289 g/mol. The molecule has 0 radical (unpaired) electrons. The molecular formula is C14H18Cl3N. The van der Waals surface area contributed by atoms with Crippen LogP contribution in [0.4, 0.5) is 5.69 Å². The first kappa shape index (κ1) is 14.3. The van der Waals surface area contributed by atoms with Crippen molar-refractivity contribution in [3.05, 3.63) is 27.2 Å². The molecule has 1 aromatic rings. The van der Waals surface area contributed by atoms with Crippen molar-refractivity contribution in [2.45, 2.75) is 45.1 Å². The zero-order valence-corrected chi connectivity index (χ0v) is 12.7. The summed E-state index contributed by atoms with van der Waals surface area (Å²) in [5.74, 6) is 0.888. The van der Waals surface area contributed by atoms with Gasteiger partial charge in [-0.15, -0.1) is 0 Å². The lowest BCUT2D eigenvalue weighted by molar-refractivity contribution is 0.330. The molecule has 0 heterocycles. The molecule has 0 amide bonds. The molecule has 0 unspecified atom stereocenters. The first-order valence-electron chi connectivity index (χ1n) is 6.51. The molecule has 1 aromatic carbocycles. The fraction of sp³-hybridized carbons (Fsp3) is 0.571. The quantitative estimate of drug-likeness (QED) is 0.719. The molecule has 0 atom stereocenters. The van der Waals surface area contributed by atoms with E-state index in [4.69, 9.17) is 34.8 Å². The average molecular weight is 307 g/mol. The maximum Gasteiger partial charge on any atom is 0.0722 e. The van der Waals surface area contributed by atoms with E-state index in [2.05, 4.69) is 12.2 Å². The fourth-order valence-electron chi connectivity index (χ4n) is 2.60. The Morgan fingerprint density at radius 2 is 1.61 bits per heavy atom. The van der Waals surface area contributed by atoms with Gasteiger partial charge in [-0.2, -0.15) is 0 Å². The van der Waals surface area contributed by atoms with Crippen LogP contribution in [0.15, 0.2) is 12.1 Å². The summed E-state index contributed by atoms with van der Waals surface area (Å²) in [6.45, 7) is 2.27. The number of nitrogens with one attached hydrogen (secondary N) is 1. The minimum Gasteiger partial charge on any atom is -0.380 e. The summed E-state index contributed by atoms with van der Waals surface area (Å²) in [4.78, 5) is 0. The molecule has 1 saturated carbocycles. The molecule has 18 heavy (non-hydrogen) atoms. The number of rotatable bonds is 3. The van der Waals surface area contributed by atoms with Gasteiger partial charge in [-0.05, 0) is 43.7 Å². The van der Waals surface area contributed by atoms with Gasteiger partial charge < -0.3 is 5.32 Å². The molecule has 0 saturated heterocycles. The van der Waals surface area contributed by atoms with Crippen molar-refractivity contribution in [2.24, 2.45) is 5.92 Å². The molecule has 1 N–H and O–H groups in total. The summed E-state index contributed by atoms with van der Waals surface area (Å²) < 4.78 is 0. The zero-order chi connectivity index (χ0) is 13.1. The minimum atomic E-state index is 0.476. The Morgan fingerprint density at radius 1 is 1.06 bits per heavy atom. The monoisotopic (exact) mass is 305 g/mol. The Labute approximate surface area is 124 Å². The number of hydrogen-bond acceptors (Lipinski definition) is 1. The van der Waals surface area contributed by atoms with Gasteiger partial charge in [0.2, 0.25) is 0 Å². The van der Waals surface area contributed by atoms with Crippen LogP contribution < -0.4 is 5.32 Å². The van der Waals surface area contributed by atoms with Crippen molar-refractivity contribution in [3.8, 4) is 0 Å². The highest BCUT2D eigenvalue weighted by molar-refractivity contribution is 6.41. The van der Waals surface area contributed by atoms with Gasteiger partial charge in [0, 0.05) is 11.1 Å². The average Bonchev–Trinajstić information content (AvgIpc) is 2.34. The summed E-state index contributed by atoms with van der Waals surface area (Å²) in [7, 11) is 0. The maximum atomic E-state index is 6.18. The molecule has 100 valence electrons. The van der Waals surface area contributed by atoms with Crippen molar-refractivity contribution in [1.82, 2.24) is 0 Å². The number of hydrogen-bond donors (Lipinski definition) is 1. The van der Waals surface area contributed by atoms with Gasteiger partial charge >= 0.3 is 0 Å². The van der Waals surface area contributed by atoms with Crippen LogP contribution in [0, 0.1) is 5.92 Å². The first-order valence-corrected chi connectivity index (χ1v) is 7.64. The highest BCUT2D eigenvalue weighted by Gasteiger charge is 2.21. The standard InChI is InChI=1S/C14H18Cl3N/c1-2-9-3-5-11(6-4-9)18-14-12(16)7-10(15)8-13(14)17/h7-9,11,18H,2-6H2,1H3. The highest BCUT2D eigenvalue weighted by Crippen LogP contribution is 2.36. The summed E-state index contributed by atoms with van der Waals surface area (Å²) >= 11 is 18.3. The zero-order valence-electron chi connectivity index (χ0n) is 10.5. The molecule has 1 nitrogen and oxygen atoms in total. The molecule has 0 aromatic heterocycles. The van der Waals surface area contributed by atoms with Gasteiger partial charge in [0.25, 0.3) is 0 Å². The highest BCUT2D eigenvalue weighted by atomic mass is 35.5. The van der Waals surface area contributed by atoms with Gasteiger partial charge in [-0.1, -0.05) is 48.1 Å². The maximum absolute atomic E-state index is 6.18. The lowest BCUT2D eigenvalue weighted by Gasteiger charge is -2.29. The third kappa shape index (κ3) is 3.46. The number of benzene rings is 1. The summed E-state index contributed by atoms with van der Waals surface area (Å²) in [6.07, 6.45) is 6.24. The lowest BCUT2D eigenvalue weighted by atomic mass is 9.84. The van der Waals surface area contributed by atoms with Gasteiger partial charge in [0.05, 0.1) is 15.7 Å². The van der Waals surface area contributed by atoms with Crippen molar-refractivity contribution in [2.75, 3.05) is 5.32 Å². The van der Waals surface area contributed by atoms with Crippen molar-refractivity contribution in [3.63, 3.8) is 0 Å². The Morgan fingerprint density at radius 3 is 2.11 bits per heavy atom. The van der Waals surface area contributed by atoms with Crippen molar-refractivity contribution < 1.29 is 0 Å². The number of halogens is 3. The molecule has 1 fully saturated rings. The van der Waals surface area contributed by atoms with Crippen LogP contribution in [0.25, 0.3) is 0 Å². The molecule has 2 rings (SSSR count). The first-order chi connectivity index (χ1) is 8.60. The van der Waals surface area contributed by atoms with Crippen LogP contribution in [-0.2, 0) is 0 Å². The summed E-state index contributed by atoms with van der Waals surface area (Å²) in [6, 6.07) is 3.94. The van der Waals surface area contributed by atoms with E-state index in [0.29, 0.717) is 21.1 Å². The molecule has 4 heteroatoms.